The zero-order valence-corrected chi connectivity index (χ0v) is 31.0. The number of rotatable bonds is 10. The third kappa shape index (κ3) is 7.70. The number of piperidine rings is 2. The summed E-state index contributed by atoms with van der Waals surface area (Å²) in [6, 6.07) is 9.18. The summed E-state index contributed by atoms with van der Waals surface area (Å²) < 4.78 is 13.3. The first-order valence-corrected chi connectivity index (χ1v) is 18.4. The molecule has 4 aromatic rings. The summed E-state index contributed by atoms with van der Waals surface area (Å²) in [6.07, 6.45) is 6.55. The number of aromatic nitrogens is 3. The van der Waals surface area contributed by atoms with E-state index in [-0.39, 0.29) is 23.3 Å². The number of methoxy groups -OCH3 is 2. The van der Waals surface area contributed by atoms with Gasteiger partial charge in [0.05, 0.1) is 36.7 Å². The molecule has 5 heterocycles. The van der Waals surface area contributed by atoms with Crippen LogP contribution in [0.2, 0.25) is 5.02 Å². The third-order valence-corrected chi connectivity index (χ3v) is 11.1. The standard InChI is InChI=1S/C38H45ClN8O6/c1-44-21-27(26-20-40-43-36(26)38(44)51)24-17-32(52-2)28(33(18-24)53-3)22-45-12-14-47(15-13-45)35(49)16-23-8-10-46(11-9-23)31-6-4-25(19-29(31)39)41-30-5-7-34(48)42-37(30)50/h4,6,17-21,23,30,41H,5,7-16,22H2,1-3H3,(H,40,43)(H,42,48,50). The van der Waals surface area contributed by atoms with Crippen molar-refractivity contribution in [2.45, 2.75) is 44.7 Å². The topological polar surface area (TPSA) is 154 Å². The van der Waals surface area contributed by atoms with E-state index < -0.39 is 6.04 Å². The molecule has 0 radical (unpaired) electrons. The SMILES string of the molecule is COc1cc(-c2cn(C)c(=O)c3[nH]ncc23)cc(OC)c1CN1CCN(C(=O)CC2CCN(c3ccc(NC4CCC(=O)NC4=O)cc3Cl)CC2)CC1. The highest BCUT2D eigenvalue weighted by Crippen LogP contribution is 2.38. The predicted octanol–water partition coefficient (Wildman–Crippen LogP) is 3.77. The molecule has 0 bridgehead atoms. The minimum Gasteiger partial charge on any atom is -0.496 e. The largest absolute Gasteiger partial charge is 0.496 e. The Morgan fingerprint density at radius 1 is 0.981 bits per heavy atom. The zero-order valence-electron chi connectivity index (χ0n) is 30.2. The number of ether oxygens (including phenoxy) is 2. The molecule has 280 valence electrons. The van der Waals surface area contributed by atoms with Crippen LogP contribution < -0.4 is 30.6 Å². The molecule has 53 heavy (non-hydrogen) atoms. The number of H-pyrrole nitrogens is 1. The maximum absolute atomic E-state index is 13.4. The number of piperazine rings is 1. The van der Waals surface area contributed by atoms with Gasteiger partial charge in [0.25, 0.3) is 5.56 Å². The number of aryl methyl sites for hydroxylation is 1. The van der Waals surface area contributed by atoms with Crippen molar-refractivity contribution in [1.29, 1.82) is 0 Å². The van der Waals surface area contributed by atoms with Gasteiger partial charge in [-0.05, 0) is 61.1 Å². The molecule has 3 aliphatic heterocycles. The van der Waals surface area contributed by atoms with Crippen LogP contribution >= 0.6 is 11.6 Å². The smallest absolute Gasteiger partial charge is 0.276 e. The molecule has 2 aromatic heterocycles. The van der Waals surface area contributed by atoms with E-state index in [2.05, 4.69) is 30.6 Å². The number of anilines is 2. The number of hydrogen-bond acceptors (Lipinski definition) is 10. The van der Waals surface area contributed by atoms with Gasteiger partial charge in [0.15, 0.2) is 0 Å². The molecule has 14 nitrogen and oxygen atoms in total. The highest BCUT2D eigenvalue weighted by molar-refractivity contribution is 6.33. The molecule has 0 saturated carbocycles. The second-order valence-electron chi connectivity index (χ2n) is 14.1. The molecule has 7 rings (SSSR count). The van der Waals surface area contributed by atoms with Gasteiger partial charge in [-0.1, -0.05) is 11.6 Å². The lowest BCUT2D eigenvalue weighted by molar-refractivity contribution is -0.135. The first kappa shape index (κ1) is 36.3. The monoisotopic (exact) mass is 744 g/mol. The second kappa shape index (κ2) is 15.5. The van der Waals surface area contributed by atoms with Crippen LogP contribution in [0.3, 0.4) is 0 Å². The molecule has 1 unspecified atom stereocenters. The first-order valence-electron chi connectivity index (χ1n) is 18.0. The number of halogens is 1. The van der Waals surface area contributed by atoms with Gasteiger partial charge in [-0.2, -0.15) is 5.10 Å². The van der Waals surface area contributed by atoms with Crippen molar-refractivity contribution in [3.05, 3.63) is 63.7 Å². The van der Waals surface area contributed by atoms with E-state index in [9.17, 15) is 19.2 Å². The maximum atomic E-state index is 13.4. The van der Waals surface area contributed by atoms with Gasteiger partial charge in [0.2, 0.25) is 17.7 Å². The number of fused-ring (bicyclic) bond motifs is 1. The number of carbonyl (C=O) groups excluding carboxylic acids is 3. The van der Waals surface area contributed by atoms with Gasteiger partial charge in [-0.15, -0.1) is 0 Å². The van der Waals surface area contributed by atoms with E-state index >= 15 is 0 Å². The van der Waals surface area contributed by atoms with Crippen molar-refractivity contribution in [3.8, 4) is 22.6 Å². The van der Waals surface area contributed by atoms with Crippen LogP contribution in [0.1, 0.15) is 37.7 Å². The number of aromatic amines is 1. The van der Waals surface area contributed by atoms with Gasteiger partial charge in [0.1, 0.15) is 23.1 Å². The lowest BCUT2D eigenvalue weighted by Crippen LogP contribution is -2.49. The maximum Gasteiger partial charge on any atom is 0.276 e. The number of carbonyl (C=O) groups is 3. The molecule has 3 amide bonds. The summed E-state index contributed by atoms with van der Waals surface area (Å²) in [5, 5.41) is 13.8. The van der Waals surface area contributed by atoms with Crippen LogP contribution in [-0.4, -0.2) is 102 Å². The van der Waals surface area contributed by atoms with Crippen LogP contribution in [0.4, 0.5) is 11.4 Å². The molecule has 3 fully saturated rings. The van der Waals surface area contributed by atoms with Crippen LogP contribution in [0, 0.1) is 5.92 Å². The van der Waals surface area contributed by atoms with Crippen molar-refractivity contribution < 1.29 is 23.9 Å². The fourth-order valence-electron chi connectivity index (χ4n) is 7.70. The summed E-state index contributed by atoms with van der Waals surface area (Å²) in [5.41, 5.74) is 4.60. The third-order valence-electron chi connectivity index (χ3n) is 10.8. The summed E-state index contributed by atoms with van der Waals surface area (Å²) in [7, 11) is 5.01. The van der Waals surface area contributed by atoms with Gasteiger partial charge in [0, 0.05) is 88.5 Å². The lowest BCUT2D eigenvalue weighted by atomic mass is 9.92. The molecule has 1 atom stereocenters. The Morgan fingerprint density at radius 2 is 1.70 bits per heavy atom. The number of imide groups is 1. The molecular formula is C38H45ClN8O6. The summed E-state index contributed by atoms with van der Waals surface area (Å²) in [6.45, 7) is 5.02. The Bertz CT molecular complexity index is 2060. The van der Waals surface area contributed by atoms with E-state index in [0.29, 0.717) is 66.9 Å². The molecule has 3 saturated heterocycles. The number of amides is 3. The van der Waals surface area contributed by atoms with E-state index in [1.165, 1.54) is 4.57 Å². The summed E-state index contributed by atoms with van der Waals surface area (Å²) >= 11 is 6.69. The Labute approximate surface area is 312 Å². The minimum absolute atomic E-state index is 0.146. The predicted molar refractivity (Wildman–Crippen MR) is 203 cm³/mol. The van der Waals surface area contributed by atoms with E-state index in [1.54, 1.807) is 33.7 Å². The quantitative estimate of drug-likeness (QED) is 0.205. The van der Waals surface area contributed by atoms with Crippen molar-refractivity contribution in [2.24, 2.45) is 13.0 Å². The molecule has 3 aliphatic rings. The number of benzene rings is 2. The molecule has 15 heteroatoms. The average Bonchev–Trinajstić information content (AvgIpc) is 3.66. The van der Waals surface area contributed by atoms with Gasteiger partial charge < -0.3 is 29.2 Å². The second-order valence-corrected chi connectivity index (χ2v) is 14.5. The highest BCUT2D eigenvalue weighted by Gasteiger charge is 2.29. The van der Waals surface area contributed by atoms with Gasteiger partial charge >= 0.3 is 0 Å². The van der Waals surface area contributed by atoms with Gasteiger partial charge in [-0.3, -0.25) is 34.5 Å². The minimum atomic E-state index is -0.467. The Kier molecular flexibility index (Phi) is 10.6. The van der Waals surface area contributed by atoms with Crippen LogP contribution in [0.15, 0.2) is 47.5 Å². The van der Waals surface area contributed by atoms with Gasteiger partial charge in [-0.25, -0.2) is 0 Å². The Morgan fingerprint density at radius 3 is 2.36 bits per heavy atom. The number of pyridine rings is 1. The van der Waals surface area contributed by atoms with E-state index in [4.69, 9.17) is 21.1 Å². The number of nitrogens with zero attached hydrogens (tertiary/aromatic N) is 5. The Balaban J connectivity index is 0.910. The van der Waals surface area contributed by atoms with Crippen molar-refractivity contribution in [3.63, 3.8) is 0 Å². The summed E-state index contributed by atoms with van der Waals surface area (Å²) in [4.78, 5) is 56.2. The highest BCUT2D eigenvalue weighted by atomic mass is 35.5. The van der Waals surface area contributed by atoms with Crippen molar-refractivity contribution in [1.82, 2.24) is 29.9 Å². The first-order chi connectivity index (χ1) is 25.6. The van der Waals surface area contributed by atoms with Crippen LogP contribution in [-0.2, 0) is 28.0 Å². The number of hydrogen-bond donors (Lipinski definition) is 3. The Hall–Kier alpha value is -5.08. The molecule has 0 spiro atoms. The summed E-state index contributed by atoms with van der Waals surface area (Å²) in [5.74, 6) is 1.33. The van der Waals surface area contributed by atoms with Crippen LogP contribution in [0.25, 0.3) is 22.0 Å². The molecular weight excluding hydrogens is 700 g/mol. The fraction of sp³-hybridized carbons (Fsp3) is 0.447. The fourth-order valence-corrected chi connectivity index (χ4v) is 8.00. The average molecular weight is 745 g/mol. The van der Waals surface area contributed by atoms with E-state index in [1.807, 2.05) is 35.2 Å². The molecule has 0 aliphatic carbocycles. The normalized spacial score (nSPS) is 18.7. The molecule has 2 aromatic carbocycles. The number of nitrogens with one attached hydrogen (secondary N) is 3. The van der Waals surface area contributed by atoms with E-state index in [0.717, 1.165) is 72.5 Å². The van der Waals surface area contributed by atoms with Crippen LogP contribution in [0.5, 0.6) is 11.5 Å². The molecule has 3 N–H and O–H groups in total. The van der Waals surface area contributed by atoms with Crippen molar-refractivity contribution in [2.75, 3.05) is 63.7 Å². The lowest BCUT2D eigenvalue weighted by Gasteiger charge is -2.37. The van der Waals surface area contributed by atoms with Crippen molar-refractivity contribution >= 4 is 51.6 Å². The zero-order chi connectivity index (χ0) is 37.2.